The highest BCUT2D eigenvalue weighted by atomic mass is 14.7. The van der Waals surface area contributed by atoms with Crippen LogP contribution in [0, 0.1) is 0 Å². The molecule has 2 bridgehead atoms. The number of rotatable bonds is 1. The first kappa shape index (κ1) is 15.6. The van der Waals surface area contributed by atoms with Crippen LogP contribution in [0.4, 0.5) is 0 Å². The highest BCUT2D eigenvalue weighted by Crippen LogP contribution is 2.51. The van der Waals surface area contributed by atoms with Crippen molar-refractivity contribution in [2.45, 2.75) is 82.5 Å². The van der Waals surface area contributed by atoms with Crippen LogP contribution >= 0.6 is 0 Å². The van der Waals surface area contributed by atoms with Crippen molar-refractivity contribution < 1.29 is 0 Å². The zero-order valence-electron chi connectivity index (χ0n) is 16.0. The molecule has 0 atom stereocenters. The number of hydrogen-bond acceptors (Lipinski definition) is 1. The molecule has 0 N–H and O–H groups in total. The number of fused-ring (bicyclic) bond motifs is 3. The molecule has 0 unspecified atom stereocenters. The first-order chi connectivity index (χ1) is 11.9. The Kier molecular flexibility index (Phi) is 3.10. The highest BCUT2D eigenvalue weighted by Gasteiger charge is 2.42. The van der Waals surface area contributed by atoms with Gasteiger partial charge in [-0.05, 0) is 89.2 Å². The molecule has 0 radical (unpaired) electrons. The molecule has 1 heteroatoms. The molecule has 6 rings (SSSR count). The number of aromatic nitrogens is 1. The van der Waals surface area contributed by atoms with Crippen molar-refractivity contribution >= 4 is 0 Å². The lowest BCUT2D eigenvalue weighted by molar-refractivity contribution is 0.358. The summed E-state index contributed by atoms with van der Waals surface area (Å²) in [5.74, 6) is 1.56. The first-order valence-electron chi connectivity index (χ1n) is 10.0. The van der Waals surface area contributed by atoms with Crippen LogP contribution in [0.1, 0.15) is 93.9 Å². The summed E-state index contributed by atoms with van der Waals surface area (Å²) < 4.78 is 0. The fraction of sp³-hybridized carbons (Fsp3) is 0.542. The van der Waals surface area contributed by atoms with E-state index in [-0.39, 0.29) is 10.8 Å². The SMILES string of the molecule is CC1(C)CC(C)(C)c2cc(-c3cc4c(cn3)C3CCC4CC3)ccc21. The molecule has 1 heterocycles. The van der Waals surface area contributed by atoms with Gasteiger partial charge in [-0.3, -0.25) is 4.98 Å². The van der Waals surface area contributed by atoms with Crippen molar-refractivity contribution in [1.82, 2.24) is 4.98 Å². The molecule has 25 heavy (non-hydrogen) atoms. The zero-order valence-corrected chi connectivity index (χ0v) is 16.0. The van der Waals surface area contributed by atoms with Crippen molar-refractivity contribution in [2.75, 3.05) is 0 Å². The van der Waals surface area contributed by atoms with Gasteiger partial charge in [-0.25, -0.2) is 0 Å². The second-order valence-electron chi connectivity index (χ2n) is 9.95. The van der Waals surface area contributed by atoms with Crippen LogP contribution in [0.25, 0.3) is 11.3 Å². The quantitative estimate of drug-likeness (QED) is 0.584. The number of benzene rings is 1. The first-order valence-corrected chi connectivity index (χ1v) is 10.0. The molecule has 2 aromatic rings. The highest BCUT2D eigenvalue weighted by molar-refractivity contribution is 5.65. The second-order valence-corrected chi connectivity index (χ2v) is 9.95. The molecule has 0 spiro atoms. The average molecular weight is 332 g/mol. The van der Waals surface area contributed by atoms with E-state index in [1.807, 2.05) is 0 Å². The van der Waals surface area contributed by atoms with Crippen molar-refractivity contribution in [2.24, 2.45) is 0 Å². The lowest BCUT2D eigenvalue weighted by atomic mass is 9.67. The Morgan fingerprint density at radius 2 is 1.44 bits per heavy atom. The summed E-state index contributed by atoms with van der Waals surface area (Å²) in [6.45, 7) is 9.55. The van der Waals surface area contributed by atoms with Gasteiger partial charge in [-0.2, -0.15) is 0 Å². The average Bonchev–Trinajstić information content (AvgIpc) is 2.80. The van der Waals surface area contributed by atoms with E-state index in [4.69, 9.17) is 4.98 Å². The van der Waals surface area contributed by atoms with Gasteiger partial charge in [0.25, 0.3) is 0 Å². The maximum absolute atomic E-state index is 4.89. The molecule has 1 saturated carbocycles. The molecule has 1 aromatic heterocycles. The van der Waals surface area contributed by atoms with Crippen LogP contribution < -0.4 is 0 Å². The minimum absolute atomic E-state index is 0.252. The maximum Gasteiger partial charge on any atom is 0.0705 e. The molecule has 4 aliphatic carbocycles. The van der Waals surface area contributed by atoms with E-state index < -0.39 is 0 Å². The summed E-state index contributed by atoms with van der Waals surface area (Å²) >= 11 is 0. The third-order valence-corrected chi connectivity index (χ3v) is 7.23. The van der Waals surface area contributed by atoms with Crippen molar-refractivity contribution in [1.29, 1.82) is 0 Å². The van der Waals surface area contributed by atoms with Crippen LogP contribution in [0.5, 0.6) is 0 Å². The molecule has 0 amide bonds. The van der Waals surface area contributed by atoms with E-state index >= 15 is 0 Å². The summed E-state index contributed by atoms with van der Waals surface area (Å²) in [6, 6.07) is 9.52. The van der Waals surface area contributed by atoms with Gasteiger partial charge < -0.3 is 0 Å². The summed E-state index contributed by atoms with van der Waals surface area (Å²) in [7, 11) is 0. The Bertz CT molecular complexity index is 850. The zero-order chi connectivity index (χ0) is 17.4. The molecule has 130 valence electrons. The molecular formula is C24H29N. The summed E-state index contributed by atoms with van der Waals surface area (Å²) in [5, 5.41) is 0. The van der Waals surface area contributed by atoms with Gasteiger partial charge in [-0.1, -0.05) is 39.8 Å². The molecule has 0 aliphatic heterocycles. The lowest BCUT2D eigenvalue weighted by Crippen LogP contribution is -2.21. The number of hydrogen-bond donors (Lipinski definition) is 0. The van der Waals surface area contributed by atoms with E-state index in [1.165, 1.54) is 54.5 Å². The van der Waals surface area contributed by atoms with Gasteiger partial charge in [-0.15, -0.1) is 0 Å². The molecular weight excluding hydrogens is 302 g/mol. The Hall–Kier alpha value is -1.63. The molecule has 4 aliphatic rings. The van der Waals surface area contributed by atoms with Crippen LogP contribution in [-0.4, -0.2) is 4.98 Å². The van der Waals surface area contributed by atoms with E-state index in [2.05, 4.69) is 58.2 Å². The Morgan fingerprint density at radius 1 is 0.800 bits per heavy atom. The number of nitrogens with zero attached hydrogens (tertiary/aromatic N) is 1. The maximum atomic E-state index is 4.89. The van der Waals surface area contributed by atoms with E-state index in [0.717, 1.165) is 11.8 Å². The molecule has 1 nitrogen and oxygen atoms in total. The predicted octanol–water partition coefficient (Wildman–Crippen LogP) is 6.46. The van der Waals surface area contributed by atoms with E-state index in [1.54, 1.807) is 11.1 Å². The Morgan fingerprint density at radius 3 is 2.16 bits per heavy atom. The van der Waals surface area contributed by atoms with Crippen LogP contribution in [0.15, 0.2) is 30.5 Å². The lowest BCUT2D eigenvalue weighted by Gasteiger charge is -2.38. The predicted molar refractivity (Wildman–Crippen MR) is 104 cm³/mol. The smallest absolute Gasteiger partial charge is 0.0705 e. The van der Waals surface area contributed by atoms with Crippen LogP contribution in [0.3, 0.4) is 0 Å². The van der Waals surface area contributed by atoms with E-state index in [0.29, 0.717) is 0 Å². The van der Waals surface area contributed by atoms with Crippen LogP contribution in [0.2, 0.25) is 0 Å². The second kappa shape index (κ2) is 4.96. The summed E-state index contributed by atoms with van der Waals surface area (Å²) in [6.07, 6.45) is 8.93. The largest absolute Gasteiger partial charge is 0.256 e. The molecule has 1 aromatic carbocycles. The normalized spacial score (nSPS) is 27.8. The van der Waals surface area contributed by atoms with Gasteiger partial charge in [0.2, 0.25) is 0 Å². The minimum atomic E-state index is 0.252. The molecule has 1 fully saturated rings. The van der Waals surface area contributed by atoms with Crippen molar-refractivity contribution in [3.8, 4) is 11.3 Å². The topological polar surface area (TPSA) is 12.9 Å². The van der Waals surface area contributed by atoms with Gasteiger partial charge in [0, 0.05) is 11.8 Å². The standard InChI is InChI=1S/C24H29N/c1-23(2)14-24(3,4)21-11-17(9-10-20(21)23)22-12-18-15-5-7-16(8-6-15)19(18)13-25-22/h9-13,15-16H,5-8,14H2,1-4H3. The van der Waals surface area contributed by atoms with Gasteiger partial charge in [0.1, 0.15) is 0 Å². The Balaban J connectivity index is 1.61. The summed E-state index contributed by atoms with van der Waals surface area (Å²) in [4.78, 5) is 4.89. The molecule has 0 saturated heterocycles. The fourth-order valence-corrected chi connectivity index (χ4v) is 6.20. The fourth-order valence-electron chi connectivity index (χ4n) is 6.20. The Labute approximate surface area is 151 Å². The summed E-state index contributed by atoms with van der Waals surface area (Å²) in [5.41, 5.74) is 9.21. The van der Waals surface area contributed by atoms with Crippen molar-refractivity contribution in [3.63, 3.8) is 0 Å². The monoisotopic (exact) mass is 331 g/mol. The number of pyridine rings is 1. The minimum Gasteiger partial charge on any atom is -0.256 e. The third kappa shape index (κ3) is 2.24. The van der Waals surface area contributed by atoms with E-state index in [9.17, 15) is 0 Å². The van der Waals surface area contributed by atoms with Gasteiger partial charge in [0.15, 0.2) is 0 Å². The third-order valence-electron chi connectivity index (χ3n) is 7.23. The van der Waals surface area contributed by atoms with Crippen LogP contribution in [-0.2, 0) is 10.8 Å². The van der Waals surface area contributed by atoms with Gasteiger partial charge >= 0.3 is 0 Å². The van der Waals surface area contributed by atoms with Crippen molar-refractivity contribution in [3.05, 3.63) is 52.7 Å². The van der Waals surface area contributed by atoms with Gasteiger partial charge in [0.05, 0.1) is 5.69 Å².